The van der Waals surface area contributed by atoms with E-state index < -0.39 is 0 Å². The average molecular weight is 886 g/mol. The van der Waals surface area contributed by atoms with Crippen molar-refractivity contribution in [2.45, 2.75) is 0 Å². The lowest BCUT2D eigenvalue weighted by atomic mass is 9.92. The first-order chi connectivity index (χ1) is 33.7. The van der Waals surface area contributed by atoms with Crippen LogP contribution in [0.5, 0.6) is 0 Å². The lowest BCUT2D eigenvalue weighted by Crippen LogP contribution is -2.02. The van der Waals surface area contributed by atoms with Crippen molar-refractivity contribution in [1.82, 2.24) is 24.5 Å². The Labute approximate surface area is 397 Å². The van der Waals surface area contributed by atoms with E-state index in [9.17, 15) is 0 Å². The van der Waals surface area contributed by atoms with E-state index in [0.29, 0.717) is 17.5 Å². The molecule has 0 amide bonds. The Hall–Kier alpha value is -8.84. The molecule has 318 valence electrons. The molecule has 0 atom stereocenters. The van der Waals surface area contributed by atoms with E-state index in [-0.39, 0.29) is 0 Å². The molecule has 9 aromatic carbocycles. The van der Waals surface area contributed by atoms with Crippen molar-refractivity contribution in [3.63, 3.8) is 0 Å². The van der Waals surface area contributed by atoms with Crippen molar-refractivity contribution >= 4 is 53.3 Å². The number of rotatable bonds is 8. The van der Waals surface area contributed by atoms with Gasteiger partial charge in [-0.15, -0.1) is 11.3 Å². The molecule has 0 radical (unpaired) electrons. The molecule has 0 fully saturated rings. The highest BCUT2D eigenvalue weighted by Crippen LogP contribution is 2.48. The second-order valence-electron chi connectivity index (χ2n) is 17.0. The van der Waals surface area contributed by atoms with E-state index >= 15 is 0 Å². The lowest BCUT2D eigenvalue weighted by molar-refractivity contribution is 1.07. The van der Waals surface area contributed by atoms with Gasteiger partial charge < -0.3 is 4.57 Å². The molecule has 68 heavy (non-hydrogen) atoms. The highest BCUT2D eigenvalue weighted by atomic mass is 32.1. The van der Waals surface area contributed by atoms with Crippen LogP contribution in [0.25, 0.3) is 126 Å². The van der Waals surface area contributed by atoms with Gasteiger partial charge in [0.2, 0.25) is 0 Å². The molecule has 0 aliphatic heterocycles. The van der Waals surface area contributed by atoms with Gasteiger partial charge in [0.15, 0.2) is 17.5 Å². The highest BCUT2D eigenvalue weighted by Gasteiger charge is 2.24. The Bertz CT molecular complexity index is 3880. The van der Waals surface area contributed by atoms with Crippen molar-refractivity contribution in [2.24, 2.45) is 0 Å². The monoisotopic (exact) mass is 885 g/mol. The molecule has 13 rings (SSSR count). The molecule has 0 saturated heterocycles. The van der Waals surface area contributed by atoms with Crippen LogP contribution in [0, 0.1) is 0 Å². The van der Waals surface area contributed by atoms with Gasteiger partial charge >= 0.3 is 0 Å². The predicted molar refractivity (Wildman–Crippen MR) is 283 cm³/mol. The summed E-state index contributed by atoms with van der Waals surface area (Å²) < 4.78 is 4.82. The summed E-state index contributed by atoms with van der Waals surface area (Å²) in [7, 11) is 0. The van der Waals surface area contributed by atoms with Crippen LogP contribution in [0.2, 0.25) is 0 Å². The van der Waals surface area contributed by atoms with Crippen molar-refractivity contribution in [3.05, 3.63) is 237 Å². The maximum absolute atomic E-state index is 5.55. The zero-order valence-corrected chi connectivity index (χ0v) is 37.5. The SMILES string of the molecule is c1ccc(-c2cc(-c3ccccc3)cc(-c3cnc(-c4cccc5sc6ccc7c8ccccc8n(-c8ccccc8)c7c6c45)c(-c4nc(-c5ccccc5)nc(-c5ccccc5)n4)c3)c2)cc1. The molecular weight excluding hydrogens is 847 g/mol. The van der Waals surface area contributed by atoms with E-state index in [1.54, 1.807) is 0 Å². The summed E-state index contributed by atoms with van der Waals surface area (Å²) in [5.41, 5.74) is 14.4. The van der Waals surface area contributed by atoms with Crippen LogP contribution in [0.15, 0.2) is 237 Å². The summed E-state index contributed by atoms with van der Waals surface area (Å²) in [6, 6.07) is 81.2. The van der Waals surface area contributed by atoms with Gasteiger partial charge in [0.25, 0.3) is 0 Å². The maximum Gasteiger partial charge on any atom is 0.166 e. The fraction of sp³-hybridized carbons (Fsp3) is 0. The van der Waals surface area contributed by atoms with Crippen LogP contribution in [-0.4, -0.2) is 24.5 Å². The minimum atomic E-state index is 0.546. The topological polar surface area (TPSA) is 56.5 Å². The predicted octanol–water partition coefficient (Wildman–Crippen LogP) is 16.4. The number of pyridine rings is 1. The molecule has 4 aromatic heterocycles. The molecule has 5 nitrogen and oxygen atoms in total. The lowest BCUT2D eigenvalue weighted by Gasteiger charge is -2.16. The molecule has 0 saturated carbocycles. The van der Waals surface area contributed by atoms with E-state index in [2.05, 4.69) is 199 Å². The molecule has 0 unspecified atom stereocenters. The summed E-state index contributed by atoms with van der Waals surface area (Å²) in [5, 5.41) is 4.77. The number of hydrogen-bond acceptors (Lipinski definition) is 5. The largest absolute Gasteiger partial charge is 0.309 e. The van der Waals surface area contributed by atoms with E-state index in [1.165, 1.54) is 36.6 Å². The van der Waals surface area contributed by atoms with Gasteiger partial charge in [0.1, 0.15) is 0 Å². The minimum absolute atomic E-state index is 0.546. The van der Waals surface area contributed by atoms with Gasteiger partial charge in [-0.05, 0) is 82.4 Å². The van der Waals surface area contributed by atoms with Crippen LogP contribution in [0.1, 0.15) is 0 Å². The van der Waals surface area contributed by atoms with Crippen molar-refractivity contribution in [1.29, 1.82) is 0 Å². The number of benzene rings is 9. The third-order valence-electron chi connectivity index (χ3n) is 12.9. The zero-order chi connectivity index (χ0) is 45.0. The van der Waals surface area contributed by atoms with Crippen molar-refractivity contribution < 1.29 is 0 Å². The van der Waals surface area contributed by atoms with Gasteiger partial charge in [0.05, 0.1) is 16.7 Å². The van der Waals surface area contributed by atoms with Gasteiger partial charge in [-0.2, -0.15) is 0 Å². The normalized spacial score (nSPS) is 11.5. The third-order valence-corrected chi connectivity index (χ3v) is 14.0. The fourth-order valence-corrected chi connectivity index (χ4v) is 10.9. The van der Waals surface area contributed by atoms with Crippen LogP contribution < -0.4 is 0 Å². The zero-order valence-electron chi connectivity index (χ0n) is 36.7. The Morgan fingerprint density at radius 1 is 0.338 bits per heavy atom. The Kier molecular flexibility index (Phi) is 9.62. The van der Waals surface area contributed by atoms with Crippen LogP contribution in [0.3, 0.4) is 0 Å². The average Bonchev–Trinajstić information content (AvgIpc) is 3.98. The number of hydrogen-bond donors (Lipinski definition) is 0. The summed E-state index contributed by atoms with van der Waals surface area (Å²) >= 11 is 1.82. The molecule has 0 N–H and O–H groups in total. The van der Waals surface area contributed by atoms with Crippen molar-refractivity contribution in [2.75, 3.05) is 0 Å². The standard InChI is InChI=1S/C62H39N5S/c1-6-19-40(20-7-1)44-35-45(41-21-8-2-9-22-41)37-46(36-44)47-38-52(62-65-60(42-23-10-3-11-24-42)64-61(66-62)43-25-12-4-13-26-43)58(63-39-47)51-30-18-32-54-56(51)57-55(68-54)34-33-50-49-29-16-17-31-53(49)67(59(50)57)48-27-14-5-15-28-48/h1-39H. The van der Waals surface area contributed by atoms with Crippen LogP contribution in [-0.2, 0) is 0 Å². The molecule has 0 aliphatic rings. The van der Waals surface area contributed by atoms with Crippen molar-refractivity contribution in [3.8, 4) is 84.5 Å². The fourth-order valence-electron chi connectivity index (χ4n) is 9.73. The Balaban J connectivity index is 1.12. The Morgan fingerprint density at radius 2 is 0.853 bits per heavy atom. The summed E-state index contributed by atoms with van der Waals surface area (Å²) in [6.07, 6.45) is 2.03. The summed E-state index contributed by atoms with van der Waals surface area (Å²) in [6.45, 7) is 0. The number of aromatic nitrogens is 5. The van der Waals surface area contributed by atoms with E-state index in [0.717, 1.165) is 72.4 Å². The molecule has 6 heteroatoms. The molecule has 0 spiro atoms. The second-order valence-corrected chi connectivity index (χ2v) is 18.1. The van der Waals surface area contributed by atoms with Gasteiger partial charge in [0, 0.05) is 70.6 Å². The number of thiophene rings is 1. The summed E-state index contributed by atoms with van der Waals surface area (Å²) in [4.78, 5) is 21.4. The number of nitrogens with zero attached hydrogens (tertiary/aromatic N) is 5. The van der Waals surface area contributed by atoms with Gasteiger partial charge in [-0.1, -0.05) is 176 Å². The first-order valence-electron chi connectivity index (χ1n) is 22.8. The molecule has 13 aromatic rings. The number of para-hydroxylation sites is 2. The van der Waals surface area contributed by atoms with Gasteiger partial charge in [-0.3, -0.25) is 4.98 Å². The molecule has 0 bridgehead atoms. The maximum atomic E-state index is 5.55. The number of fused-ring (bicyclic) bond motifs is 7. The Morgan fingerprint density at radius 3 is 1.47 bits per heavy atom. The van der Waals surface area contributed by atoms with E-state index in [1.807, 2.05) is 53.9 Å². The first-order valence-corrected chi connectivity index (χ1v) is 23.6. The third kappa shape index (κ3) is 6.86. The van der Waals surface area contributed by atoms with E-state index in [4.69, 9.17) is 19.9 Å². The second kappa shape index (κ2) is 16.5. The minimum Gasteiger partial charge on any atom is -0.309 e. The molecule has 0 aliphatic carbocycles. The quantitative estimate of drug-likeness (QED) is 0.153. The first kappa shape index (κ1) is 39.5. The smallest absolute Gasteiger partial charge is 0.166 e. The van der Waals surface area contributed by atoms with Crippen LogP contribution in [0.4, 0.5) is 0 Å². The van der Waals surface area contributed by atoms with Gasteiger partial charge in [-0.25, -0.2) is 15.0 Å². The van der Waals surface area contributed by atoms with Crippen LogP contribution >= 0.6 is 11.3 Å². The highest BCUT2D eigenvalue weighted by molar-refractivity contribution is 7.26. The molecular formula is C62H39N5S. The molecule has 4 heterocycles. The summed E-state index contributed by atoms with van der Waals surface area (Å²) in [5.74, 6) is 1.73.